The van der Waals surface area contributed by atoms with Crippen molar-refractivity contribution >= 4 is 21.5 Å². The molecule has 0 saturated heterocycles. The van der Waals surface area contributed by atoms with Crippen LogP contribution in [0.5, 0.6) is 0 Å². The average Bonchev–Trinajstić information content (AvgIpc) is 3.81. The van der Waals surface area contributed by atoms with Crippen LogP contribution in [0.1, 0.15) is 74.9 Å². The molecule has 56 heavy (non-hydrogen) atoms. The number of benzene rings is 6. The van der Waals surface area contributed by atoms with Gasteiger partial charge < -0.3 is 14.9 Å². The van der Waals surface area contributed by atoms with E-state index in [-0.39, 0.29) is 56.9 Å². The van der Waals surface area contributed by atoms with Crippen LogP contribution >= 0.6 is 0 Å². The average molecular weight is 896 g/mol. The van der Waals surface area contributed by atoms with Gasteiger partial charge in [0, 0.05) is 0 Å². The molecule has 0 saturated carbocycles. The molecule has 0 amide bonds. The van der Waals surface area contributed by atoms with E-state index in [9.17, 15) is 0 Å². The van der Waals surface area contributed by atoms with Gasteiger partial charge in [0.1, 0.15) is 0 Å². The molecule has 0 heterocycles. The van der Waals surface area contributed by atoms with Crippen molar-refractivity contribution in [3.63, 3.8) is 0 Å². The molecule has 1 heteroatoms. The fraction of sp³-hybridized carbons (Fsp3) is 0.200. The molecule has 280 valence electrons. The van der Waals surface area contributed by atoms with E-state index in [1.54, 1.807) is 0 Å². The summed E-state index contributed by atoms with van der Waals surface area (Å²) in [7, 11) is 0. The summed E-state index contributed by atoms with van der Waals surface area (Å²) in [6, 6.07) is 64.3. The first-order valence-electron chi connectivity index (χ1n) is 19.2. The van der Waals surface area contributed by atoms with E-state index in [1.165, 1.54) is 77.2 Å². The van der Waals surface area contributed by atoms with Crippen LogP contribution < -0.4 is 0 Å². The molecule has 0 aliphatic carbocycles. The Morgan fingerprint density at radius 1 is 0.411 bits per heavy atom. The minimum absolute atomic E-state index is 0. The smallest absolute Gasteiger partial charge is 0.358 e. The van der Waals surface area contributed by atoms with Crippen LogP contribution in [0.15, 0.2) is 170 Å². The maximum atomic E-state index is 2.51. The zero-order chi connectivity index (χ0) is 36.8. The van der Waals surface area contributed by atoms with Crippen molar-refractivity contribution in [1.82, 2.24) is 0 Å². The maximum absolute atomic E-state index is 2.51. The molecule has 0 aliphatic rings. The largest absolute Gasteiger partial charge is 4.00 e. The van der Waals surface area contributed by atoms with Gasteiger partial charge in [0.25, 0.3) is 0 Å². The molecule has 0 nitrogen and oxygen atoms in total. The summed E-state index contributed by atoms with van der Waals surface area (Å²) in [5.74, 6) is 0. The van der Waals surface area contributed by atoms with Crippen molar-refractivity contribution in [1.29, 1.82) is 0 Å². The predicted molar refractivity (Wildman–Crippen MR) is 241 cm³/mol. The van der Waals surface area contributed by atoms with Gasteiger partial charge in [-0.15, -0.1) is 69.1 Å². The summed E-state index contributed by atoms with van der Waals surface area (Å²) in [5.41, 5.74) is 13.1. The van der Waals surface area contributed by atoms with E-state index in [2.05, 4.69) is 211 Å². The molecule has 0 unspecified atom stereocenters. The summed E-state index contributed by atoms with van der Waals surface area (Å²) >= 11 is 0. The third kappa shape index (κ3) is 8.40. The molecule has 0 spiro atoms. The van der Waals surface area contributed by atoms with E-state index in [4.69, 9.17) is 0 Å². The molecule has 0 N–H and O–H groups in total. The van der Waals surface area contributed by atoms with Gasteiger partial charge in [-0.05, 0) is 62.5 Å². The van der Waals surface area contributed by atoms with E-state index in [0.29, 0.717) is 0 Å². The molecule has 8 rings (SSSR count). The Kier molecular flexibility index (Phi) is 12.8. The van der Waals surface area contributed by atoms with Gasteiger partial charge in [0.05, 0.1) is 0 Å². The molecule has 0 aliphatic heterocycles. The number of hydrogen-bond acceptors (Lipinski definition) is 0. The Balaban J connectivity index is 0.00000200. The van der Waals surface area contributed by atoms with Crippen LogP contribution in [0.25, 0.3) is 43.8 Å². The fourth-order valence-corrected chi connectivity index (χ4v) is 8.35. The molecule has 0 aromatic heterocycles. The van der Waals surface area contributed by atoms with E-state index in [0.717, 1.165) is 12.8 Å². The molecular weight excluding hydrogens is 839 g/mol. The molecule has 0 bridgehead atoms. The minimum Gasteiger partial charge on any atom is -0.358 e. The van der Waals surface area contributed by atoms with Crippen LogP contribution in [-0.4, -0.2) is 0 Å². The van der Waals surface area contributed by atoms with Gasteiger partial charge in [-0.1, -0.05) is 174 Å². The van der Waals surface area contributed by atoms with Crippen molar-refractivity contribution in [2.24, 2.45) is 0 Å². The zero-order valence-corrected chi connectivity index (χ0v) is 38.2. The van der Waals surface area contributed by atoms with Crippen LogP contribution in [0.2, 0.25) is 0 Å². The normalized spacial score (nSPS) is 11.8. The first-order valence-corrected chi connectivity index (χ1v) is 19.2. The standard InChI is InChI=1S/C53H50.2CH3.Hf/c1-51(2,3)43-27-23-39(24-28-43)47-21-13-19-41-31-45(33-49(41)47)53(35-37-15-9-7-10-16-37,36-38-17-11-8-12-18-38)46-32-42-20-14-22-48(50(42)34-46)40-25-29-44(30-26-40)52(4,5)6;;;/h7-34H,35-36H2,1-6H3;2*1H3;/q-2;2*-1;+4. The van der Waals surface area contributed by atoms with Gasteiger partial charge in [0.15, 0.2) is 0 Å². The predicted octanol–water partition coefficient (Wildman–Crippen LogP) is 15.0. The van der Waals surface area contributed by atoms with Crippen LogP contribution in [0.4, 0.5) is 0 Å². The fourth-order valence-electron chi connectivity index (χ4n) is 8.35. The number of rotatable bonds is 8. The van der Waals surface area contributed by atoms with Gasteiger partial charge >= 0.3 is 25.8 Å². The second-order valence-electron chi connectivity index (χ2n) is 17.2. The molecular formula is C55H56Hf. The summed E-state index contributed by atoms with van der Waals surface area (Å²) in [6.45, 7) is 13.7. The van der Waals surface area contributed by atoms with Crippen LogP contribution in [-0.2, 0) is 54.9 Å². The van der Waals surface area contributed by atoms with Crippen molar-refractivity contribution in [3.8, 4) is 22.3 Å². The second-order valence-corrected chi connectivity index (χ2v) is 17.2. The van der Waals surface area contributed by atoms with Crippen LogP contribution in [0, 0.1) is 14.9 Å². The third-order valence-electron chi connectivity index (χ3n) is 11.4. The number of fused-ring (bicyclic) bond motifs is 2. The van der Waals surface area contributed by atoms with Gasteiger partial charge in [0.2, 0.25) is 0 Å². The molecule has 8 aromatic rings. The van der Waals surface area contributed by atoms with E-state index < -0.39 is 0 Å². The monoisotopic (exact) mass is 896 g/mol. The van der Waals surface area contributed by atoms with E-state index >= 15 is 0 Å². The Hall–Kier alpha value is -4.59. The maximum Gasteiger partial charge on any atom is 4.00 e. The first kappa shape index (κ1) is 42.6. The Morgan fingerprint density at radius 2 is 0.768 bits per heavy atom. The summed E-state index contributed by atoms with van der Waals surface area (Å²) in [6.07, 6.45) is 1.78. The zero-order valence-electron chi connectivity index (χ0n) is 34.6. The SMILES string of the molecule is CC(C)(C)c1ccc(-c2cccc3[cH-]c(C(Cc4ccccc4)(Cc4ccccc4)c4cc5c(-c6ccc(C(C)(C)C)cc6)cccc5[cH-]4)cc23)cc1.[CH3-].[CH3-].[Hf+4]. The molecule has 8 aromatic carbocycles. The van der Waals surface area contributed by atoms with Crippen LogP contribution in [0.3, 0.4) is 0 Å². The van der Waals surface area contributed by atoms with E-state index in [1.807, 2.05) is 0 Å². The third-order valence-corrected chi connectivity index (χ3v) is 11.4. The molecule has 0 fully saturated rings. The Bertz CT molecular complexity index is 2300. The Labute approximate surface area is 356 Å². The van der Waals surface area contributed by atoms with Gasteiger partial charge in [-0.3, -0.25) is 0 Å². The Morgan fingerprint density at radius 3 is 1.11 bits per heavy atom. The first-order chi connectivity index (χ1) is 25.5. The van der Waals surface area contributed by atoms with Gasteiger partial charge in [-0.25, -0.2) is 0 Å². The summed E-state index contributed by atoms with van der Waals surface area (Å²) in [5, 5.41) is 5.21. The quantitative estimate of drug-likeness (QED) is 0.105. The van der Waals surface area contributed by atoms with Crippen molar-refractivity contribution < 1.29 is 25.8 Å². The second kappa shape index (κ2) is 16.9. The number of hydrogen-bond donors (Lipinski definition) is 0. The summed E-state index contributed by atoms with van der Waals surface area (Å²) in [4.78, 5) is 0. The van der Waals surface area contributed by atoms with Crippen molar-refractivity contribution in [2.75, 3.05) is 0 Å². The van der Waals surface area contributed by atoms with Gasteiger partial charge in [-0.2, -0.15) is 12.1 Å². The summed E-state index contributed by atoms with van der Waals surface area (Å²) < 4.78 is 0. The topological polar surface area (TPSA) is 0 Å². The van der Waals surface area contributed by atoms with Crippen molar-refractivity contribution in [2.45, 2.75) is 70.6 Å². The minimum atomic E-state index is -0.318. The van der Waals surface area contributed by atoms with Crippen molar-refractivity contribution in [3.05, 3.63) is 218 Å². The molecule has 0 radical (unpaired) electrons. The molecule has 0 atom stereocenters.